The van der Waals surface area contributed by atoms with Gasteiger partial charge in [-0.2, -0.15) is 0 Å². The van der Waals surface area contributed by atoms with E-state index < -0.39 is 0 Å². The van der Waals surface area contributed by atoms with Crippen LogP contribution in [0.1, 0.15) is 83.7 Å². The van der Waals surface area contributed by atoms with E-state index in [1.807, 2.05) is 0 Å². The highest BCUT2D eigenvalue weighted by Crippen LogP contribution is 2.09. The van der Waals surface area contributed by atoms with Gasteiger partial charge in [-0.15, -0.1) is 0 Å². The van der Waals surface area contributed by atoms with E-state index in [-0.39, 0.29) is 4.70 Å². The van der Waals surface area contributed by atoms with Crippen LogP contribution in [0.4, 0.5) is 0 Å². The number of hydrogen-bond acceptors (Lipinski definition) is 0. The van der Waals surface area contributed by atoms with Crippen molar-refractivity contribution in [2.45, 2.75) is 91.0 Å². The lowest BCUT2D eigenvalue weighted by molar-refractivity contribution is -0.704. The Labute approximate surface area is 131 Å². The minimum atomic E-state index is 0. The van der Waals surface area contributed by atoms with Crippen molar-refractivity contribution in [1.29, 1.82) is 0 Å². The van der Waals surface area contributed by atoms with Crippen molar-refractivity contribution in [3.8, 4) is 0 Å². The zero-order chi connectivity index (χ0) is 14.5. The summed E-state index contributed by atoms with van der Waals surface area (Å²) < 4.78 is 2.45. The first-order valence-corrected chi connectivity index (χ1v) is 8.85. The van der Waals surface area contributed by atoms with Crippen molar-refractivity contribution in [2.75, 3.05) is 0 Å². The molecule has 2 heteroatoms. The summed E-state index contributed by atoms with van der Waals surface area (Å²) >= 11 is 0. The number of rotatable bonds is 12. The molecule has 1 rings (SSSR count). The third-order valence-corrected chi connectivity index (χ3v) is 4.04. The molecule has 0 fully saturated rings. The molecule has 0 aliphatic rings. The van der Waals surface area contributed by atoms with E-state index >= 15 is 0 Å². The molecular weight excluding hydrogens is 261 g/mol. The lowest BCUT2D eigenvalue weighted by Gasteiger charge is -2.03. The van der Waals surface area contributed by atoms with Crippen LogP contribution in [-0.2, 0) is 13.0 Å². The van der Waals surface area contributed by atoms with Crippen LogP contribution in [0.15, 0.2) is 24.4 Å². The van der Waals surface area contributed by atoms with Gasteiger partial charge in [-0.05, 0) is 12.8 Å². The summed E-state index contributed by atoms with van der Waals surface area (Å²) in [6.07, 6.45) is 17.4. The minimum absolute atomic E-state index is 0. The molecule has 0 N–H and O–H groups in total. The lowest BCUT2D eigenvalue weighted by Crippen LogP contribution is -3.00. The van der Waals surface area contributed by atoms with Crippen LogP contribution in [0.2, 0.25) is 0 Å². The molecule has 1 aromatic rings. The average molecular weight is 295 g/mol. The molecule has 0 amide bonds. The quantitative estimate of drug-likeness (QED) is 0.412. The van der Waals surface area contributed by atoms with Gasteiger partial charge >= 0.3 is 0 Å². The van der Waals surface area contributed by atoms with Crippen molar-refractivity contribution in [1.82, 2.24) is 0 Å². The Morgan fingerprint density at radius 3 is 2.00 bits per heavy atom. The average Bonchev–Trinajstić information content (AvgIpc) is 2.47. The van der Waals surface area contributed by atoms with E-state index in [4.69, 9.17) is 0 Å². The topological polar surface area (TPSA) is 3.88 Å². The highest BCUT2D eigenvalue weighted by atomic mass is 19.0. The Balaban J connectivity index is 0.00000400. The molecule has 0 saturated carbocycles. The van der Waals surface area contributed by atoms with Gasteiger partial charge in [0.25, 0.3) is 0 Å². The molecule has 1 heterocycles. The summed E-state index contributed by atoms with van der Waals surface area (Å²) in [7, 11) is 0. The summed E-state index contributed by atoms with van der Waals surface area (Å²) in [6, 6.07) is 6.60. The number of unbranched alkanes of at least 4 members (excludes halogenated alkanes) is 8. The Kier molecular flexibility index (Phi) is 13.4. The fourth-order valence-corrected chi connectivity index (χ4v) is 2.81. The molecule has 0 aliphatic heterocycles. The van der Waals surface area contributed by atoms with E-state index in [0.717, 1.165) is 0 Å². The smallest absolute Gasteiger partial charge is 0.181 e. The van der Waals surface area contributed by atoms with Crippen LogP contribution in [0.3, 0.4) is 0 Å². The third-order valence-electron chi connectivity index (χ3n) is 4.04. The van der Waals surface area contributed by atoms with Crippen LogP contribution in [0.25, 0.3) is 0 Å². The maximum absolute atomic E-state index is 2.45. The van der Waals surface area contributed by atoms with E-state index in [0.29, 0.717) is 0 Å². The fourth-order valence-electron chi connectivity index (χ4n) is 2.81. The predicted molar refractivity (Wildman–Crippen MR) is 87.9 cm³/mol. The summed E-state index contributed by atoms with van der Waals surface area (Å²) in [4.78, 5) is 0. The SMILES string of the molecule is CCCCCCCCCCC[n+]1ccccc1CCC.[F-]. The van der Waals surface area contributed by atoms with E-state index in [2.05, 4.69) is 42.8 Å². The normalized spacial score (nSPS) is 10.4. The zero-order valence-electron chi connectivity index (χ0n) is 14.1. The second-order valence-corrected chi connectivity index (χ2v) is 5.96. The fraction of sp³-hybridized carbons (Fsp3) is 0.737. The number of aromatic nitrogens is 1. The molecule has 0 aliphatic carbocycles. The minimum Gasteiger partial charge on any atom is -1.00 e. The molecule has 1 aromatic heterocycles. The largest absolute Gasteiger partial charge is 1.00 e. The van der Waals surface area contributed by atoms with Crippen LogP contribution >= 0.6 is 0 Å². The highest BCUT2D eigenvalue weighted by Gasteiger charge is 2.07. The Hall–Kier alpha value is -0.920. The van der Waals surface area contributed by atoms with E-state index in [1.165, 1.54) is 82.9 Å². The van der Waals surface area contributed by atoms with Crippen molar-refractivity contribution < 1.29 is 9.27 Å². The van der Waals surface area contributed by atoms with Gasteiger partial charge in [-0.25, -0.2) is 4.57 Å². The Morgan fingerprint density at radius 1 is 0.762 bits per heavy atom. The maximum Gasteiger partial charge on any atom is 0.181 e. The standard InChI is InChI=1S/C19H34N.FH/c1-3-5-6-7-8-9-10-11-13-17-20-18-14-12-16-19(20)15-4-2;/h12,14,16,18H,3-11,13,15,17H2,1-2H3;1H/q+1;/p-1. The van der Waals surface area contributed by atoms with E-state index in [9.17, 15) is 0 Å². The Bertz CT molecular complexity index is 338. The molecule has 0 saturated heterocycles. The number of nitrogens with zero attached hydrogens (tertiary/aromatic N) is 1. The number of halogens is 1. The summed E-state index contributed by atoms with van der Waals surface area (Å²) in [5.74, 6) is 0. The molecule has 0 atom stereocenters. The lowest BCUT2D eigenvalue weighted by atomic mass is 10.1. The monoisotopic (exact) mass is 295 g/mol. The number of aryl methyl sites for hydroxylation is 2. The highest BCUT2D eigenvalue weighted by molar-refractivity contribution is 4.97. The number of pyridine rings is 1. The summed E-state index contributed by atoms with van der Waals surface area (Å²) in [5.41, 5.74) is 1.49. The van der Waals surface area contributed by atoms with Crippen molar-refractivity contribution >= 4 is 0 Å². The molecule has 1 nitrogen and oxygen atoms in total. The number of hydrogen-bond donors (Lipinski definition) is 0. The van der Waals surface area contributed by atoms with E-state index in [1.54, 1.807) is 0 Å². The molecule has 21 heavy (non-hydrogen) atoms. The second kappa shape index (κ2) is 14.0. The molecule has 0 spiro atoms. The van der Waals surface area contributed by atoms with Crippen LogP contribution in [0, 0.1) is 0 Å². The first-order valence-electron chi connectivity index (χ1n) is 8.85. The van der Waals surface area contributed by atoms with Crippen LogP contribution in [-0.4, -0.2) is 0 Å². The van der Waals surface area contributed by atoms with Gasteiger partial charge in [-0.3, -0.25) is 0 Å². The second-order valence-electron chi connectivity index (χ2n) is 5.96. The maximum atomic E-state index is 2.45. The predicted octanol–water partition coefficient (Wildman–Crippen LogP) is 2.46. The molecule has 122 valence electrons. The first-order chi connectivity index (χ1) is 9.88. The summed E-state index contributed by atoms with van der Waals surface area (Å²) in [6.45, 7) is 5.75. The van der Waals surface area contributed by atoms with Gasteiger partial charge < -0.3 is 4.70 Å². The molecule has 0 unspecified atom stereocenters. The van der Waals surface area contributed by atoms with Gasteiger partial charge in [0, 0.05) is 25.0 Å². The molecule has 0 aromatic carbocycles. The van der Waals surface area contributed by atoms with Crippen molar-refractivity contribution in [3.63, 3.8) is 0 Å². The van der Waals surface area contributed by atoms with Gasteiger partial charge in [0.1, 0.15) is 6.54 Å². The molecular formula is C19H34FN. The Morgan fingerprint density at radius 2 is 1.38 bits per heavy atom. The molecule has 0 radical (unpaired) electrons. The summed E-state index contributed by atoms with van der Waals surface area (Å²) in [5, 5.41) is 0. The van der Waals surface area contributed by atoms with Gasteiger partial charge in [-0.1, -0.05) is 64.9 Å². The third kappa shape index (κ3) is 9.60. The van der Waals surface area contributed by atoms with Gasteiger partial charge in [0.2, 0.25) is 0 Å². The van der Waals surface area contributed by atoms with Crippen LogP contribution < -0.4 is 9.27 Å². The van der Waals surface area contributed by atoms with Crippen LogP contribution in [0.5, 0.6) is 0 Å². The van der Waals surface area contributed by atoms with Crippen molar-refractivity contribution in [3.05, 3.63) is 30.1 Å². The first kappa shape index (κ1) is 20.1. The van der Waals surface area contributed by atoms with Gasteiger partial charge in [0.15, 0.2) is 11.9 Å². The molecule has 0 bridgehead atoms. The zero-order valence-corrected chi connectivity index (χ0v) is 14.1. The van der Waals surface area contributed by atoms with Gasteiger partial charge in [0.05, 0.1) is 0 Å². The van der Waals surface area contributed by atoms with Crippen molar-refractivity contribution in [2.24, 2.45) is 0 Å².